The number of nitrogens with zero attached hydrogens (tertiary/aromatic N) is 3. The van der Waals surface area contributed by atoms with E-state index in [9.17, 15) is 9.59 Å². The summed E-state index contributed by atoms with van der Waals surface area (Å²) in [5, 5.41) is 3.30. The molecule has 7 heteroatoms. The number of aryl methyl sites for hydroxylation is 3. The van der Waals surface area contributed by atoms with Crippen LogP contribution in [-0.2, 0) is 7.05 Å². The number of carbonyl (C=O) groups is 1. The molecule has 0 unspecified atom stereocenters. The first-order valence-corrected chi connectivity index (χ1v) is 9.21. The van der Waals surface area contributed by atoms with Crippen LogP contribution in [0.2, 0.25) is 0 Å². The highest BCUT2D eigenvalue weighted by Gasteiger charge is 2.18. The van der Waals surface area contributed by atoms with E-state index in [-0.39, 0.29) is 11.5 Å². The van der Waals surface area contributed by atoms with E-state index < -0.39 is 0 Å². The van der Waals surface area contributed by atoms with Crippen LogP contribution in [0.15, 0.2) is 51.9 Å². The molecule has 1 aromatic carbocycles. The van der Waals surface area contributed by atoms with Gasteiger partial charge in [0.2, 0.25) is 0 Å². The van der Waals surface area contributed by atoms with Crippen molar-refractivity contribution in [2.24, 2.45) is 7.05 Å². The maximum absolute atomic E-state index is 12.8. The molecule has 3 heterocycles. The molecule has 0 fully saturated rings. The molecule has 0 radical (unpaired) electrons. The molecule has 0 aliphatic rings. The molecule has 0 aliphatic heterocycles. The van der Waals surface area contributed by atoms with Crippen molar-refractivity contribution in [3.63, 3.8) is 0 Å². The van der Waals surface area contributed by atoms with Crippen LogP contribution < -0.4 is 10.9 Å². The van der Waals surface area contributed by atoms with Crippen LogP contribution in [0.3, 0.4) is 0 Å². The lowest BCUT2D eigenvalue weighted by molar-refractivity contribution is 0.101. The van der Waals surface area contributed by atoms with Gasteiger partial charge in [0, 0.05) is 23.4 Å². The molecular formula is C20H17BrN4O2. The molecule has 136 valence electrons. The topological polar surface area (TPSA) is 68.4 Å². The molecule has 6 nitrogen and oxygen atoms in total. The molecule has 0 spiro atoms. The Morgan fingerprint density at radius 1 is 1.11 bits per heavy atom. The zero-order chi connectivity index (χ0) is 19.3. The van der Waals surface area contributed by atoms with Crippen LogP contribution in [0, 0.1) is 13.8 Å². The lowest BCUT2D eigenvalue weighted by atomic mass is 10.2. The maximum Gasteiger partial charge on any atom is 0.272 e. The van der Waals surface area contributed by atoms with E-state index in [4.69, 9.17) is 0 Å². The Hall–Kier alpha value is -2.93. The first kappa shape index (κ1) is 17.5. The number of benzene rings is 1. The minimum atomic E-state index is -0.289. The Kier molecular flexibility index (Phi) is 4.11. The van der Waals surface area contributed by atoms with E-state index >= 15 is 0 Å². The average Bonchev–Trinajstić information content (AvgIpc) is 2.97. The summed E-state index contributed by atoms with van der Waals surface area (Å²) in [4.78, 5) is 30.2. The second kappa shape index (κ2) is 6.35. The third kappa shape index (κ3) is 2.84. The van der Waals surface area contributed by atoms with Crippen molar-refractivity contribution >= 4 is 44.2 Å². The normalized spacial score (nSPS) is 11.3. The molecule has 4 rings (SSSR count). The summed E-state index contributed by atoms with van der Waals surface area (Å²) in [5.74, 6) is -0.289. The smallest absolute Gasteiger partial charge is 0.272 e. The Morgan fingerprint density at radius 2 is 1.89 bits per heavy atom. The lowest BCUT2D eigenvalue weighted by Gasteiger charge is -2.08. The van der Waals surface area contributed by atoms with Gasteiger partial charge in [-0.1, -0.05) is 22.0 Å². The fraction of sp³-hybridized carbons (Fsp3) is 0.150. The van der Waals surface area contributed by atoms with Gasteiger partial charge in [-0.3, -0.25) is 14.0 Å². The largest absolute Gasteiger partial charge is 0.324 e. The molecule has 27 heavy (non-hydrogen) atoms. The molecule has 1 amide bonds. The number of amides is 1. The molecule has 4 aromatic rings. The van der Waals surface area contributed by atoms with Gasteiger partial charge in [0.25, 0.3) is 11.5 Å². The van der Waals surface area contributed by atoms with Crippen LogP contribution in [0.25, 0.3) is 16.7 Å². The van der Waals surface area contributed by atoms with E-state index in [1.807, 2.05) is 44.2 Å². The van der Waals surface area contributed by atoms with Crippen molar-refractivity contribution in [3.05, 3.63) is 74.2 Å². The first-order valence-electron chi connectivity index (χ1n) is 8.42. The van der Waals surface area contributed by atoms with Crippen LogP contribution in [-0.4, -0.2) is 19.9 Å². The van der Waals surface area contributed by atoms with Crippen LogP contribution in [0.1, 0.15) is 21.6 Å². The summed E-state index contributed by atoms with van der Waals surface area (Å²) in [6.45, 7) is 3.86. The zero-order valence-corrected chi connectivity index (χ0v) is 16.7. The predicted molar refractivity (Wildman–Crippen MR) is 110 cm³/mol. The van der Waals surface area contributed by atoms with E-state index in [1.165, 1.54) is 4.40 Å². The van der Waals surface area contributed by atoms with Crippen LogP contribution >= 0.6 is 15.9 Å². The first-order chi connectivity index (χ1) is 12.9. The van der Waals surface area contributed by atoms with Gasteiger partial charge in [-0.2, -0.15) is 0 Å². The lowest BCUT2D eigenvalue weighted by Crippen LogP contribution is -2.16. The second-order valence-corrected chi connectivity index (χ2v) is 7.40. The molecule has 0 saturated carbocycles. The van der Waals surface area contributed by atoms with Crippen molar-refractivity contribution in [2.75, 3.05) is 5.32 Å². The number of halogens is 1. The van der Waals surface area contributed by atoms with Crippen LogP contribution in [0.5, 0.6) is 0 Å². The molecule has 0 saturated heterocycles. The van der Waals surface area contributed by atoms with E-state index in [0.29, 0.717) is 28.1 Å². The minimum Gasteiger partial charge on any atom is -0.324 e. The third-order valence-electron chi connectivity index (χ3n) is 4.67. The van der Waals surface area contributed by atoms with Gasteiger partial charge in [-0.05, 0) is 55.3 Å². The van der Waals surface area contributed by atoms with Gasteiger partial charge >= 0.3 is 0 Å². The van der Waals surface area contributed by atoms with Gasteiger partial charge in [0.05, 0.1) is 5.39 Å². The fourth-order valence-corrected chi connectivity index (χ4v) is 3.41. The van der Waals surface area contributed by atoms with Gasteiger partial charge in [0.1, 0.15) is 17.0 Å². The number of aromatic nitrogens is 3. The monoisotopic (exact) mass is 424 g/mol. The third-order valence-corrected chi connectivity index (χ3v) is 5.56. The number of carbonyl (C=O) groups excluding carboxylic acids is 1. The van der Waals surface area contributed by atoms with Crippen LogP contribution in [0.4, 0.5) is 5.69 Å². The Morgan fingerprint density at radius 3 is 2.63 bits per heavy atom. The molecule has 0 aliphatic carbocycles. The van der Waals surface area contributed by atoms with Crippen molar-refractivity contribution in [2.45, 2.75) is 13.8 Å². The molecule has 0 bridgehead atoms. The summed E-state index contributed by atoms with van der Waals surface area (Å²) in [6.07, 6.45) is 1.69. The van der Waals surface area contributed by atoms with E-state index in [2.05, 4.69) is 26.2 Å². The van der Waals surface area contributed by atoms with Crippen molar-refractivity contribution < 1.29 is 4.79 Å². The Balaban J connectivity index is 1.83. The SMILES string of the molecule is Cc1cc(NC(=O)c2cc3c(=O)n4cccc(C)c4nc3n2C)ccc1Br. The van der Waals surface area contributed by atoms with Gasteiger partial charge < -0.3 is 9.88 Å². The van der Waals surface area contributed by atoms with Gasteiger partial charge in [0.15, 0.2) is 0 Å². The van der Waals surface area contributed by atoms with Gasteiger partial charge in [-0.25, -0.2) is 4.98 Å². The standard InChI is InChI=1S/C20H17BrN4O2/c1-11-5-4-8-25-17(11)23-18-14(20(25)27)10-16(24(18)3)19(26)22-13-6-7-15(21)12(2)9-13/h4-10H,1-3H3,(H,22,26). The molecular weight excluding hydrogens is 408 g/mol. The number of hydrogen-bond acceptors (Lipinski definition) is 3. The minimum absolute atomic E-state index is 0.187. The molecule has 0 atom stereocenters. The summed E-state index contributed by atoms with van der Waals surface area (Å²) < 4.78 is 4.14. The predicted octanol–water partition coefficient (Wildman–Crippen LogP) is 3.82. The Bertz CT molecular complexity index is 1290. The van der Waals surface area contributed by atoms with E-state index in [1.54, 1.807) is 23.9 Å². The summed E-state index contributed by atoms with van der Waals surface area (Å²) in [5.41, 5.74) is 3.88. The maximum atomic E-state index is 12.8. The average molecular weight is 425 g/mol. The van der Waals surface area contributed by atoms with Crippen molar-refractivity contribution in [1.29, 1.82) is 0 Å². The summed E-state index contributed by atoms with van der Waals surface area (Å²) in [6, 6.07) is 10.9. The highest BCUT2D eigenvalue weighted by Crippen LogP contribution is 2.22. The number of hydrogen-bond donors (Lipinski definition) is 1. The quantitative estimate of drug-likeness (QED) is 0.531. The Labute approximate surface area is 163 Å². The molecule has 3 aromatic heterocycles. The second-order valence-electron chi connectivity index (χ2n) is 6.55. The highest BCUT2D eigenvalue weighted by atomic mass is 79.9. The van der Waals surface area contributed by atoms with Crippen molar-refractivity contribution in [3.8, 4) is 0 Å². The van der Waals surface area contributed by atoms with E-state index in [0.717, 1.165) is 15.6 Å². The fourth-order valence-electron chi connectivity index (χ4n) is 3.17. The zero-order valence-electron chi connectivity index (χ0n) is 15.1. The molecule has 1 N–H and O–H groups in total. The number of fused-ring (bicyclic) bond motifs is 2. The number of pyridine rings is 1. The summed E-state index contributed by atoms with van der Waals surface area (Å²) in [7, 11) is 1.74. The number of nitrogens with one attached hydrogen (secondary N) is 1. The van der Waals surface area contributed by atoms with Crippen molar-refractivity contribution in [1.82, 2.24) is 14.0 Å². The number of rotatable bonds is 2. The number of anilines is 1. The van der Waals surface area contributed by atoms with Gasteiger partial charge in [-0.15, -0.1) is 0 Å². The highest BCUT2D eigenvalue weighted by molar-refractivity contribution is 9.10. The summed E-state index contributed by atoms with van der Waals surface area (Å²) >= 11 is 3.45.